The maximum absolute atomic E-state index is 13.9. The molecule has 32 heavy (non-hydrogen) atoms. The lowest BCUT2D eigenvalue weighted by Gasteiger charge is -2.32. The van der Waals surface area contributed by atoms with Crippen LogP contribution >= 0.6 is 23.2 Å². The molecule has 0 aliphatic carbocycles. The molecule has 0 amide bonds. The van der Waals surface area contributed by atoms with Crippen LogP contribution in [-0.4, -0.2) is 27.2 Å². The molecule has 1 aliphatic heterocycles. The Balaban J connectivity index is 2.12. The van der Waals surface area contributed by atoms with E-state index in [1.807, 2.05) is 11.0 Å². The number of pyridine rings is 1. The second-order valence-corrected chi connectivity index (χ2v) is 8.25. The minimum Gasteiger partial charge on any atom is -0.357 e. The fourth-order valence-electron chi connectivity index (χ4n) is 3.94. The Kier molecular flexibility index (Phi) is 6.31. The molecule has 0 spiro atoms. The number of hydrogen-bond acceptors (Lipinski definition) is 5. The Hall–Kier alpha value is -3.15. The first-order valence-corrected chi connectivity index (χ1v) is 10.8. The van der Waals surface area contributed by atoms with Gasteiger partial charge in [-0.2, -0.15) is 5.26 Å². The van der Waals surface area contributed by atoms with Crippen LogP contribution in [0.2, 0.25) is 10.0 Å². The summed E-state index contributed by atoms with van der Waals surface area (Å²) in [4.78, 5) is 33.1. The number of nitrogens with zero attached hydrogens (tertiary/aromatic N) is 5. The van der Waals surface area contributed by atoms with Crippen LogP contribution in [-0.2, 0) is 6.54 Å². The molecule has 1 aromatic carbocycles. The SMILES string of the molecule is N#CCn1c(N2CCCCC2)c(-c2ccc(F)c(Cl)c2)c(=O)n(-c2cncc(Cl)c2)c1=O. The summed E-state index contributed by atoms with van der Waals surface area (Å²) < 4.78 is 16.1. The molecule has 1 fully saturated rings. The zero-order valence-corrected chi connectivity index (χ0v) is 18.4. The van der Waals surface area contributed by atoms with Crippen molar-refractivity contribution in [1.29, 1.82) is 5.26 Å². The Morgan fingerprint density at radius 3 is 2.50 bits per heavy atom. The normalized spacial score (nSPS) is 13.8. The molecule has 164 valence electrons. The number of rotatable bonds is 4. The van der Waals surface area contributed by atoms with Gasteiger partial charge in [0.05, 0.1) is 33.6 Å². The molecule has 1 aliphatic rings. The number of anilines is 1. The van der Waals surface area contributed by atoms with Crippen LogP contribution < -0.4 is 16.1 Å². The van der Waals surface area contributed by atoms with Crippen molar-refractivity contribution in [3.05, 3.63) is 73.4 Å². The largest absolute Gasteiger partial charge is 0.357 e. The summed E-state index contributed by atoms with van der Waals surface area (Å²) in [7, 11) is 0. The predicted octanol–water partition coefficient (Wildman–Crippen LogP) is 4.02. The standard InChI is InChI=1S/C22H18Cl2FN5O2/c23-15-11-16(13-27-12-15)30-21(31)19(14-4-5-18(25)17(24)10-14)20(28-7-2-1-3-8-28)29(9-6-26)22(30)32/h4-5,10-13H,1-3,7-9H2. The smallest absolute Gasteiger partial charge is 0.338 e. The summed E-state index contributed by atoms with van der Waals surface area (Å²) >= 11 is 12.1. The number of piperidine rings is 1. The van der Waals surface area contributed by atoms with Crippen LogP contribution in [0.5, 0.6) is 0 Å². The molecule has 0 saturated carbocycles. The van der Waals surface area contributed by atoms with E-state index in [4.69, 9.17) is 23.2 Å². The van der Waals surface area contributed by atoms with E-state index in [1.165, 1.54) is 41.2 Å². The maximum Gasteiger partial charge on any atom is 0.338 e. The predicted molar refractivity (Wildman–Crippen MR) is 121 cm³/mol. The van der Waals surface area contributed by atoms with Gasteiger partial charge in [-0.05, 0) is 43.0 Å². The summed E-state index contributed by atoms with van der Waals surface area (Å²) in [6, 6.07) is 7.40. The number of hydrogen-bond donors (Lipinski definition) is 0. The Labute approximate surface area is 192 Å². The first kappa shape index (κ1) is 22.1. The fraction of sp³-hybridized carbons (Fsp3) is 0.273. The van der Waals surface area contributed by atoms with Gasteiger partial charge in [-0.25, -0.2) is 13.8 Å². The zero-order chi connectivity index (χ0) is 22.8. The van der Waals surface area contributed by atoms with Crippen molar-refractivity contribution in [1.82, 2.24) is 14.1 Å². The van der Waals surface area contributed by atoms with Crippen molar-refractivity contribution in [3.8, 4) is 22.9 Å². The maximum atomic E-state index is 13.9. The Bertz CT molecular complexity index is 1340. The van der Waals surface area contributed by atoms with Crippen molar-refractivity contribution in [2.75, 3.05) is 18.0 Å². The molecule has 7 nitrogen and oxygen atoms in total. The molecule has 1 saturated heterocycles. The van der Waals surface area contributed by atoms with Crippen LogP contribution in [0.15, 0.2) is 46.2 Å². The minimum atomic E-state index is -0.682. The highest BCUT2D eigenvalue weighted by atomic mass is 35.5. The molecule has 0 bridgehead atoms. The molecule has 3 heterocycles. The van der Waals surface area contributed by atoms with Crippen LogP contribution in [0.1, 0.15) is 19.3 Å². The number of aromatic nitrogens is 3. The second-order valence-electron chi connectivity index (χ2n) is 7.40. The number of nitriles is 1. The molecule has 10 heteroatoms. The van der Waals surface area contributed by atoms with Crippen LogP contribution in [0.25, 0.3) is 16.8 Å². The van der Waals surface area contributed by atoms with E-state index in [-0.39, 0.29) is 27.8 Å². The molecule has 0 N–H and O–H groups in total. The summed E-state index contributed by atoms with van der Waals surface area (Å²) in [6.07, 6.45) is 5.51. The first-order chi connectivity index (χ1) is 15.4. The van der Waals surface area contributed by atoms with Crippen molar-refractivity contribution >= 4 is 29.0 Å². The van der Waals surface area contributed by atoms with Crippen LogP contribution in [0.3, 0.4) is 0 Å². The van der Waals surface area contributed by atoms with Gasteiger partial charge in [0.15, 0.2) is 0 Å². The van der Waals surface area contributed by atoms with Gasteiger partial charge < -0.3 is 4.90 Å². The topological polar surface area (TPSA) is 83.9 Å². The average Bonchev–Trinajstić information content (AvgIpc) is 2.78. The molecule has 4 rings (SSSR count). The van der Waals surface area contributed by atoms with Gasteiger partial charge in [0.25, 0.3) is 5.56 Å². The van der Waals surface area contributed by atoms with Crippen molar-refractivity contribution in [3.63, 3.8) is 0 Å². The average molecular weight is 474 g/mol. The molecule has 0 atom stereocenters. The van der Waals surface area contributed by atoms with Crippen LogP contribution in [0, 0.1) is 17.1 Å². The summed E-state index contributed by atoms with van der Waals surface area (Å²) in [5.41, 5.74) is -0.644. The van der Waals surface area contributed by atoms with E-state index in [0.29, 0.717) is 24.5 Å². The third-order valence-corrected chi connectivity index (χ3v) is 5.86. The number of benzene rings is 1. The van der Waals surface area contributed by atoms with Gasteiger partial charge in [-0.3, -0.25) is 14.3 Å². The molecule has 2 aromatic heterocycles. The first-order valence-electron chi connectivity index (χ1n) is 10.0. The van der Waals surface area contributed by atoms with Crippen molar-refractivity contribution in [2.45, 2.75) is 25.8 Å². The Morgan fingerprint density at radius 2 is 1.84 bits per heavy atom. The monoisotopic (exact) mass is 473 g/mol. The molecule has 3 aromatic rings. The van der Waals surface area contributed by atoms with Gasteiger partial charge in [0, 0.05) is 19.3 Å². The minimum absolute atomic E-state index is 0.152. The van der Waals surface area contributed by atoms with Gasteiger partial charge in [0.1, 0.15) is 18.2 Å². The second kappa shape index (κ2) is 9.15. The summed E-state index contributed by atoms with van der Waals surface area (Å²) in [6.45, 7) is 0.963. The highest BCUT2D eigenvalue weighted by molar-refractivity contribution is 6.31. The summed E-state index contributed by atoms with van der Waals surface area (Å²) in [5.74, 6) is -0.296. The molecular formula is C22H18Cl2FN5O2. The molecule has 0 radical (unpaired) electrons. The van der Waals surface area contributed by atoms with Gasteiger partial charge in [-0.15, -0.1) is 0 Å². The third-order valence-electron chi connectivity index (χ3n) is 5.36. The van der Waals surface area contributed by atoms with E-state index in [2.05, 4.69) is 4.98 Å². The lowest BCUT2D eigenvalue weighted by Crippen LogP contribution is -2.44. The van der Waals surface area contributed by atoms with E-state index < -0.39 is 17.1 Å². The molecule has 0 unspecified atom stereocenters. The quantitative estimate of drug-likeness (QED) is 0.571. The number of halogens is 3. The van der Waals surface area contributed by atoms with Crippen LogP contribution in [0.4, 0.5) is 10.2 Å². The summed E-state index contributed by atoms with van der Waals surface area (Å²) in [5, 5.41) is 9.55. The van der Waals surface area contributed by atoms with Crippen molar-refractivity contribution < 1.29 is 4.39 Å². The highest BCUT2D eigenvalue weighted by Gasteiger charge is 2.27. The zero-order valence-electron chi connectivity index (χ0n) is 16.9. The van der Waals surface area contributed by atoms with E-state index in [0.717, 1.165) is 23.8 Å². The third kappa shape index (κ3) is 4.01. The van der Waals surface area contributed by atoms with E-state index in [1.54, 1.807) is 0 Å². The lowest BCUT2D eigenvalue weighted by molar-refractivity contribution is 0.555. The van der Waals surface area contributed by atoms with Gasteiger partial charge in [0.2, 0.25) is 0 Å². The van der Waals surface area contributed by atoms with Gasteiger partial charge in [-0.1, -0.05) is 29.3 Å². The van der Waals surface area contributed by atoms with E-state index >= 15 is 0 Å². The lowest BCUT2D eigenvalue weighted by atomic mass is 10.0. The highest BCUT2D eigenvalue weighted by Crippen LogP contribution is 2.32. The van der Waals surface area contributed by atoms with Crippen molar-refractivity contribution in [2.24, 2.45) is 0 Å². The molecular weight excluding hydrogens is 456 g/mol. The van der Waals surface area contributed by atoms with E-state index in [9.17, 15) is 19.2 Å². The fourth-order valence-corrected chi connectivity index (χ4v) is 4.29. The Morgan fingerprint density at radius 1 is 1.09 bits per heavy atom. The van der Waals surface area contributed by atoms with Gasteiger partial charge >= 0.3 is 5.69 Å².